The molecule has 2 rings (SSSR count). The highest BCUT2D eigenvalue weighted by atomic mass is 19.1. The highest BCUT2D eigenvalue weighted by Gasteiger charge is 2.20. The second-order valence-corrected chi connectivity index (χ2v) is 3.36. The van der Waals surface area contributed by atoms with E-state index in [1.54, 1.807) is 6.92 Å². The van der Waals surface area contributed by atoms with Crippen LogP contribution in [-0.4, -0.2) is 30.6 Å². The summed E-state index contributed by atoms with van der Waals surface area (Å²) >= 11 is 0. The lowest BCUT2D eigenvalue weighted by molar-refractivity contribution is -0.125. The lowest BCUT2D eigenvalue weighted by atomic mass is 10.3. The smallest absolute Gasteiger partial charge is 0.253 e. The Morgan fingerprint density at radius 3 is 3.07 bits per heavy atom. The zero-order valence-corrected chi connectivity index (χ0v) is 8.36. The molecule has 0 radical (unpaired) electrons. The van der Waals surface area contributed by atoms with Crippen LogP contribution in [0.4, 0.5) is 10.1 Å². The van der Waals surface area contributed by atoms with Crippen molar-refractivity contribution in [3.8, 4) is 0 Å². The van der Waals surface area contributed by atoms with Crippen LogP contribution in [0.25, 0.3) is 0 Å². The van der Waals surface area contributed by atoms with Gasteiger partial charge in [0, 0.05) is 12.6 Å². The Morgan fingerprint density at radius 2 is 2.40 bits per heavy atom. The minimum absolute atomic E-state index is 0.0511. The van der Waals surface area contributed by atoms with Gasteiger partial charge < -0.3 is 9.64 Å². The van der Waals surface area contributed by atoms with Crippen LogP contribution in [0.2, 0.25) is 0 Å². The predicted molar refractivity (Wildman–Crippen MR) is 52.1 cm³/mol. The normalized spacial score (nSPS) is 16.9. The quantitative estimate of drug-likeness (QED) is 0.691. The van der Waals surface area contributed by atoms with Gasteiger partial charge in [-0.2, -0.15) is 0 Å². The van der Waals surface area contributed by atoms with Crippen molar-refractivity contribution in [3.05, 3.63) is 23.8 Å². The van der Waals surface area contributed by atoms with Gasteiger partial charge in [-0.15, -0.1) is 0 Å². The van der Waals surface area contributed by atoms with Crippen LogP contribution < -0.4 is 4.90 Å². The molecule has 0 atom stereocenters. The number of carbonyl (C=O) groups excluding carboxylic acids is 1. The maximum Gasteiger partial charge on any atom is 0.253 e. The van der Waals surface area contributed by atoms with Crippen molar-refractivity contribution < 1.29 is 13.9 Å². The molecule has 1 aliphatic rings. The monoisotopic (exact) mass is 210 g/mol. The standard InChI is InChI=1S/C10H11FN2O2/c1-7-9(11)4-8(5-12-7)13-2-3-15-6-10(13)14/h4-5H,2-3,6H2,1H3. The third-order valence-electron chi connectivity index (χ3n) is 2.31. The maximum absolute atomic E-state index is 13.2. The number of rotatable bonds is 1. The fourth-order valence-corrected chi connectivity index (χ4v) is 1.43. The molecule has 15 heavy (non-hydrogen) atoms. The minimum Gasteiger partial charge on any atom is -0.370 e. The number of nitrogens with zero attached hydrogens (tertiary/aromatic N) is 2. The molecule has 0 unspecified atom stereocenters. The molecule has 0 spiro atoms. The molecular formula is C10H11FN2O2. The molecule has 80 valence electrons. The SMILES string of the molecule is Cc1ncc(N2CCOCC2=O)cc1F. The largest absolute Gasteiger partial charge is 0.370 e. The summed E-state index contributed by atoms with van der Waals surface area (Å²) in [4.78, 5) is 16.8. The van der Waals surface area contributed by atoms with E-state index in [1.807, 2.05) is 0 Å². The number of aromatic nitrogens is 1. The molecule has 0 bridgehead atoms. The van der Waals surface area contributed by atoms with E-state index in [-0.39, 0.29) is 12.5 Å². The summed E-state index contributed by atoms with van der Waals surface area (Å²) < 4.78 is 18.2. The number of morpholine rings is 1. The molecule has 2 heterocycles. The molecule has 1 fully saturated rings. The number of anilines is 1. The Hall–Kier alpha value is -1.49. The Labute approximate surface area is 86.7 Å². The molecule has 1 aliphatic heterocycles. The summed E-state index contributed by atoms with van der Waals surface area (Å²) in [6, 6.07) is 1.32. The molecule has 1 aromatic rings. The number of ether oxygens (including phenoxy) is 1. The van der Waals surface area contributed by atoms with E-state index in [4.69, 9.17) is 4.74 Å². The summed E-state index contributed by atoms with van der Waals surface area (Å²) in [5.41, 5.74) is 0.825. The summed E-state index contributed by atoms with van der Waals surface area (Å²) in [6.07, 6.45) is 1.50. The molecule has 5 heteroatoms. The van der Waals surface area contributed by atoms with Crippen molar-refractivity contribution in [1.29, 1.82) is 0 Å². The third-order valence-corrected chi connectivity index (χ3v) is 2.31. The van der Waals surface area contributed by atoms with Gasteiger partial charge in [0.25, 0.3) is 5.91 Å². The van der Waals surface area contributed by atoms with Crippen molar-refractivity contribution >= 4 is 11.6 Å². The first kappa shape index (κ1) is 10.0. The molecule has 1 amide bonds. The number of hydrogen-bond acceptors (Lipinski definition) is 3. The number of hydrogen-bond donors (Lipinski definition) is 0. The molecular weight excluding hydrogens is 199 g/mol. The van der Waals surface area contributed by atoms with E-state index in [0.29, 0.717) is 24.5 Å². The Bertz CT molecular complexity index is 395. The highest BCUT2D eigenvalue weighted by Crippen LogP contribution is 2.17. The van der Waals surface area contributed by atoms with Gasteiger partial charge in [0.1, 0.15) is 12.4 Å². The molecule has 0 N–H and O–H groups in total. The van der Waals surface area contributed by atoms with E-state index in [0.717, 1.165) is 0 Å². The first-order valence-electron chi connectivity index (χ1n) is 4.69. The zero-order chi connectivity index (χ0) is 10.8. The first-order valence-corrected chi connectivity index (χ1v) is 4.69. The Morgan fingerprint density at radius 1 is 1.60 bits per heavy atom. The van der Waals surface area contributed by atoms with Gasteiger partial charge in [-0.25, -0.2) is 4.39 Å². The van der Waals surface area contributed by atoms with Gasteiger partial charge in [0.05, 0.1) is 24.2 Å². The van der Waals surface area contributed by atoms with E-state index < -0.39 is 5.82 Å². The number of halogens is 1. The topological polar surface area (TPSA) is 42.4 Å². The van der Waals surface area contributed by atoms with E-state index >= 15 is 0 Å². The first-order chi connectivity index (χ1) is 7.18. The lowest BCUT2D eigenvalue weighted by Crippen LogP contribution is -2.41. The molecule has 0 aromatic carbocycles. The van der Waals surface area contributed by atoms with E-state index in [2.05, 4.69) is 4.98 Å². The summed E-state index contributed by atoms with van der Waals surface area (Å²) in [7, 11) is 0. The Kier molecular flexibility index (Phi) is 2.64. The molecule has 1 aromatic heterocycles. The summed E-state index contributed by atoms with van der Waals surface area (Å²) in [6.45, 7) is 2.56. The second-order valence-electron chi connectivity index (χ2n) is 3.36. The zero-order valence-electron chi connectivity index (χ0n) is 8.36. The molecule has 4 nitrogen and oxygen atoms in total. The molecule has 0 aliphatic carbocycles. The number of amides is 1. The van der Waals surface area contributed by atoms with Crippen LogP contribution in [0, 0.1) is 12.7 Å². The van der Waals surface area contributed by atoms with E-state index in [9.17, 15) is 9.18 Å². The number of carbonyl (C=O) groups is 1. The lowest BCUT2D eigenvalue weighted by Gasteiger charge is -2.26. The van der Waals surface area contributed by atoms with Gasteiger partial charge in [-0.3, -0.25) is 9.78 Å². The highest BCUT2D eigenvalue weighted by molar-refractivity contribution is 5.94. The van der Waals surface area contributed by atoms with Crippen LogP contribution in [0.5, 0.6) is 0 Å². The molecule has 0 saturated carbocycles. The van der Waals surface area contributed by atoms with E-state index in [1.165, 1.54) is 17.2 Å². The van der Waals surface area contributed by atoms with Crippen molar-refractivity contribution in [1.82, 2.24) is 4.98 Å². The van der Waals surface area contributed by atoms with Gasteiger partial charge in [-0.05, 0) is 6.92 Å². The fraction of sp³-hybridized carbons (Fsp3) is 0.400. The second kappa shape index (κ2) is 3.94. The van der Waals surface area contributed by atoms with Crippen molar-refractivity contribution in [2.45, 2.75) is 6.92 Å². The average Bonchev–Trinajstić information content (AvgIpc) is 2.23. The Balaban J connectivity index is 2.28. The molecule has 1 saturated heterocycles. The summed E-state index contributed by atoms with van der Waals surface area (Å²) in [5, 5.41) is 0. The number of aryl methyl sites for hydroxylation is 1. The predicted octanol–water partition coefficient (Wildman–Crippen LogP) is 0.892. The maximum atomic E-state index is 13.2. The third kappa shape index (κ3) is 1.97. The van der Waals surface area contributed by atoms with Crippen molar-refractivity contribution in [3.63, 3.8) is 0 Å². The fourth-order valence-electron chi connectivity index (χ4n) is 1.43. The summed E-state index contributed by atoms with van der Waals surface area (Å²) in [5.74, 6) is -0.557. The van der Waals surface area contributed by atoms with Crippen LogP contribution in [0.15, 0.2) is 12.3 Å². The van der Waals surface area contributed by atoms with Gasteiger partial charge in [0.2, 0.25) is 0 Å². The van der Waals surface area contributed by atoms with Crippen molar-refractivity contribution in [2.24, 2.45) is 0 Å². The minimum atomic E-state index is -0.396. The van der Waals surface area contributed by atoms with Gasteiger partial charge in [-0.1, -0.05) is 0 Å². The van der Waals surface area contributed by atoms with Crippen molar-refractivity contribution in [2.75, 3.05) is 24.7 Å². The van der Waals surface area contributed by atoms with Crippen LogP contribution in [0.1, 0.15) is 5.69 Å². The van der Waals surface area contributed by atoms with Gasteiger partial charge in [0.15, 0.2) is 0 Å². The van der Waals surface area contributed by atoms with Crippen LogP contribution in [-0.2, 0) is 9.53 Å². The van der Waals surface area contributed by atoms with Crippen LogP contribution in [0.3, 0.4) is 0 Å². The average molecular weight is 210 g/mol. The number of pyridine rings is 1. The van der Waals surface area contributed by atoms with Crippen LogP contribution >= 0.6 is 0 Å². The van der Waals surface area contributed by atoms with Gasteiger partial charge >= 0.3 is 0 Å².